The van der Waals surface area contributed by atoms with Crippen molar-refractivity contribution in [3.63, 3.8) is 0 Å². The third kappa shape index (κ3) is 3.60. The Hall–Kier alpha value is -1.02. The number of sulfonamides is 1. The molecule has 1 N–H and O–H groups in total. The molecule has 1 aromatic heterocycles. The number of rotatable bonds is 5. The molecule has 0 spiro atoms. The highest BCUT2D eigenvalue weighted by Gasteiger charge is 2.32. The Morgan fingerprint density at radius 1 is 1.38 bits per heavy atom. The number of hydrogen-bond donors (Lipinski definition) is 1. The van der Waals surface area contributed by atoms with Crippen LogP contribution in [0.25, 0.3) is 0 Å². The van der Waals surface area contributed by atoms with Gasteiger partial charge >= 0.3 is 0 Å². The van der Waals surface area contributed by atoms with Crippen molar-refractivity contribution >= 4 is 10.0 Å². The normalized spacial score (nSPS) is 21.6. The predicted molar refractivity (Wildman–Crippen MR) is 82.5 cm³/mol. The zero-order valence-corrected chi connectivity index (χ0v) is 13.7. The van der Waals surface area contributed by atoms with Crippen LogP contribution in [-0.4, -0.2) is 62.4 Å². The van der Waals surface area contributed by atoms with Crippen LogP contribution in [0.1, 0.15) is 18.9 Å². The van der Waals surface area contributed by atoms with Crippen molar-refractivity contribution in [1.82, 2.24) is 19.5 Å². The van der Waals surface area contributed by atoms with Crippen molar-refractivity contribution < 1.29 is 8.42 Å². The number of likely N-dealkylation sites (N-methyl/N-ethyl adjacent to an activating group) is 1. The lowest BCUT2D eigenvalue weighted by Gasteiger charge is -2.38. The topological polar surface area (TPSA) is 65.5 Å². The predicted octanol–water partition coefficient (Wildman–Crippen LogP) is 0.516. The van der Waals surface area contributed by atoms with Gasteiger partial charge in [-0.15, -0.1) is 0 Å². The van der Waals surface area contributed by atoms with E-state index in [2.05, 4.69) is 22.1 Å². The maximum atomic E-state index is 12.7. The molecule has 0 radical (unpaired) electrons. The van der Waals surface area contributed by atoms with Crippen LogP contribution in [0.15, 0.2) is 23.4 Å². The molecule has 21 heavy (non-hydrogen) atoms. The second-order valence-electron chi connectivity index (χ2n) is 5.44. The number of aromatic nitrogens is 1. The smallest absolute Gasteiger partial charge is 0.260 e. The van der Waals surface area contributed by atoms with E-state index in [1.165, 1.54) is 0 Å². The molecule has 1 aromatic rings. The minimum absolute atomic E-state index is 0.141. The largest absolute Gasteiger partial charge is 0.316 e. The lowest BCUT2D eigenvalue weighted by molar-refractivity contribution is 0.144. The first kappa shape index (κ1) is 16.4. The quantitative estimate of drug-likeness (QED) is 0.858. The third-order valence-electron chi connectivity index (χ3n) is 3.99. The second kappa shape index (κ2) is 6.83. The molecule has 1 saturated heterocycles. The summed E-state index contributed by atoms with van der Waals surface area (Å²) in [4.78, 5) is 6.35. The van der Waals surface area contributed by atoms with Crippen LogP contribution in [-0.2, 0) is 16.6 Å². The van der Waals surface area contributed by atoms with E-state index >= 15 is 0 Å². The number of hydrogen-bond acceptors (Lipinski definition) is 5. The number of pyridine rings is 1. The molecule has 0 saturated carbocycles. The molecular formula is C14H24N4O2S. The molecular weight excluding hydrogens is 288 g/mol. The third-order valence-corrected chi connectivity index (χ3v) is 5.78. The Kier molecular flexibility index (Phi) is 5.32. The summed E-state index contributed by atoms with van der Waals surface area (Å²) in [5.74, 6) is 0. The van der Waals surface area contributed by atoms with E-state index in [1.807, 2.05) is 20.2 Å². The summed E-state index contributed by atoms with van der Waals surface area (Å²) in [5.41, 5.74) is 0.973. The summed E-state index contributed by atoms with van der Waals surface area (Å²) in [6.45, 7) is 4.59. The fourth-order valence-electron chi connectivity index (χ4n) is 2.58. The van der Waals surface area contributed by atoms with Gasteiger partial charge in [-0.1, -0.05) is 13.0 Å². The van der Waals surface area contributed by atoms with Gasteiger partial charge < -0.3 is 10.2 Å². The van der Waals surface area contributed by atoms with Gasteiger partial charge in [-0.25, -0.2) is 13.4 Å². The average molecular weight is 312 g/mol. The van der Waals surface area contributed by atoms with E-state index in [1.54, 1.807) is 16.6 Å². The van der Waals surface area contributed by atoms with Crippen molar-refractivity contribution in [2.45, 2.75) is 31.0 Å². The summed E-state index contributed by atoms with van der Waals surface area (Å²) in [6, 6.07) is 3.68. The number of nitrogens with zero attached hydrogens (tertiary/aromatic N) is 3. The average Bonchev–Trinajstić information content (AvgIpc) is 2.48. The van der Waals surface area contributed by atoms with Gasteiger partial charge in [0.15, 0.2) is 5.03 Å². The van der Waals surface area contributed by atoms with E-state index in [0.29, 0.717) is 19.6 Å². The van der Waals surface area contributed by atoms with Crippen LogP contribution in [0, 0.1) is 0 Å². The Bertz CT molecular complexity index is 559. The number of piperazine rings is 1. The molecule has 6 nitrogen and oxygen atoms in total. The summed E-state index contributed by atoms with van der Waals surface area (Å²) in [6.07, 6.45) is 2.56. The first-order chi connectivity index (χ1) is 9.98. The standard InChI is InChI=1S/C14H24N4O2S/c1-4-13-11-18(8-7-17(13)3)21(19,20)14-6-5-12(9-15-2)10-16-14/h5-6,10,13,15H,4,7-9,11H2,1-3H3. The Morgan fingerprint density at radius 2 is 2.14 bits per heavy atom. The highest BCUT2D eigenvalue weighted by molar-refractivity contribution is 7.89. The van der Waals surface area contributed by atoms with Crippen LogP contribution < -0.4 is 5.32 Å². The minimum Gasteiger partial charge on any atom is -0.316 e. The maximum absolute atomic E-state index is 12.7. The van der Waals surface area contributed by atoms with E-state index < -0.39 is 10.0 Å². The summed E-state index contributed by atoms with van der Waals surface area (Å²) in [5, 5.41) is 3.16. The van der Waals surface area contributed by atoms with Crippen LogP contribution in [0.5, 0.6) is 0 Å². The van der Waals surface area contributed by atoms with E-state index in [4.69, 9.17) is 0 Å². The molecule has 118 valence electrons. The van der Waals surface area contributed by atoms with Crippen molar-refractivity contribution in [3.8, 4) is 0 Å². The van der Waals surface area contributed by atoms with E-state index in [-0.39, 0.29) is 11.1 Å². The second-order valence-corrected chi connectivity index (χ2v) is 7.33. The van der Waals surface area contributed by atoms with Crippen molar-refractivity contribution in [2.24, 2.45) is 0 Å². The van der Waals surface area contributed by atoms with Crippen molar-refractivity contribution in [2.75, 3.05) is 33.7 Å². The molecule has 7 heteroatoms. The molecule has 1 aliphatic rings. The van der Waals surface area contributed by atoms with Crippen molar-refractivity contribution in [1.29, 1.82) is 0 Å². The Balaban J connectivity index is 2.17. The summed E-state index contributed by atoms with van der Waals surface area (Å²) >= 11 is 0. The van der Waals surface area contributed by atoms with Gasteiger partial charge in [-0.3, -0.25) is 0 Å². The molecule has 1 fully saturated rings. The Morgan fingerprint density at radius 3 is 2.71 bits per heavy atom. The fraction of sp³-hybridized carbons (Fsp3) is 0.643. The molecule has 0 bridgehead atoms. The molecule has 0 aromatic carbocycles. The van der Waals surface area contributed by atoms with E-state index in [9.17, 15) is 8.42 Å². The van der Waals surface area contributed by atoms with E-state index in [0.717, 1.165) is 18.5 Å². The highest BCUT2D eigenvalue weighted by Crippen LogP contribution is 2.19. The van der Waals surface area contributed by atoms with Gasteiger partial charge in [0.2, 0.25) is 0 Å². The molecule has 0 aliphatic carbocycles. The molecule has 1 atom stereocenters. The monoisotopic (exact) mass is 312 g/mol. The first-order valence-electron chi connectivity index (χ1n) is 7.29. The van der Waals surface area contributed by atoms with Gasteiger partial charge in [0, 0.05) is 38.4 Å². The molecule has 2 heterocycles. The van der Waals surface area contributed by atoms with Gasteiger partial charge in [-0.2, -0.15) is 4.31 Å². The van der Waals surface area contributed by atoms with Gasteiger partial charge in [-0.05, 0) is 32.1 Å². The molecule has 1 aliphatic heterocycles. The lowest BCUT2D eigenvalue weighted by Crippen LogP contribution is -2.52. The van der Waals surface area contributed by atoms with Gasteiger partial charge in [0.05, 0.1) is 0 Å². The molecule has 0 amide bonds. The van der Waals surface area contributed by atoms with Crippen LogP contribution in [0.2, 0.25) is 0 Å². The zero-order valence-electron chi connectivity index (χ0n) is 12.9. The van der Waals surface area contributed by atoms with Gasteiger partial charge in [0.25, 0.3) is 10.0 Å². The first-order valence-corrected chi connectivity index (χ1v) is 8.73. The van der Waals surface area contributed by atoms with Crippen LogP contribution in [0.3, 0.4) is 0 Å². The SMILES string of the molecule is CCC1CN(S(=O)(=O)c2ccc(CNC)cn2)CCN1C. The minimum atomic E-state index is -3.49. The molecule has 2 rings (SSSR count). The van der Waals surface area contributed by atoms with Crippen molar-refractivity contribution in [3.05, 3.63) is 23.9 Å². The summed E-state index contributed by atoms with van der Waals surface area (Å²) in [7, 11) is 0.407. The summed E-state index contributed by atoms with van der Waals surface area (Å²) < 4.78 is 26.9. The van der Waals surface area contributed by atoms with Crippen LogP contribution in [0.4, 0.5) is 0 Å². The Labute approximate surface area is 127 Å². The zero-order chi connectivity index (χ0) is 15.5. The van der Waals surface area contributed by atoms with Gasteiger partial charge in [0.1, 0.15) is 0 Å². The lowest BCUT2D eigenvalue weighted by atomic mass is 10.1. The maximum Gasteiger partial charge on any atom is 0.260 e. The molecule has 1 unspecified atom stereocenters. The highest BCUT2D eigenvalue weighted by atomic mass is 32.2. The van der Waals surface area contributed by atoms with Crippen LogP contribution >= 0.6 is 0 Å². The number of nitrogens with one attached hydrogen (secondary N) is 1. The fourth-order valence-corrected chi connectivity index (χ4v) is 3.96.